The summed E-state index contributed by atoms with van der Waals surface area (Å²) < 4.78 is 0. The van der Waals surface area contributed by atoms with Crippen LogP contribution in [0.5, 0.6) is 0 Å². The van der Waals surface area contributed by atoms with Gasteiger partial charge in [0.05, 0.1) is 16.3 Å². The summed E-state index contributed by atoms with van der Waals surface area (Å²) in [7, 11) is 0. The fraction of sp³-hybridized carbons (Fsp3) is 0.385. The molecule has 3 N–H and O–H groups in total. The molecule has 0 aromatic heterocycles. The molecule has 1 amide bonds. The standard InChI is InChI=1S/C13H17ClN2O3/c1-3-15-7-8(2)12(17)16-11-5-4-9(13(18)19)6-10(11)14/h4-6,8,15H,3,7H2,1-2H3,(H,16,17)(H,18,19). The quantitative estimate of drug-likeness (QED) is 0.748. The zero-order valence-electron chi connectivity index (χ0n) is 10.9. The Balaban J connectivity index is 2.72. The van der Waals surface area contributed by atoms with Gasteiger partial charge in [-0.1, -0.05) is 25.4 Å². The van der Waals surface area contributed by atoms with Gasteiger partial charge in [0.2, 0.25) is 5.91 Å². The van der Waals surface area contributed by atoms with Gasteiger partial charge in [-0.2, -0.15) is 0 Å². The maximum absolute atomic E-state index is 11.9. The topological polar surface area (TPSA) is 78.4 Å². The lowest BCUT2D eigenvalue weighted by Crippen LogP contribution is -2.30. The minimum Gasteiger partial charge on any atom is -0.478 e. The van der Waals surface area contributed by atoms with Gasteiger partial charge in [0.15, 0.2) is 0 Å². The molecule has 0 aliphatic carbocycles. The molecule has 0 radical (unpaired) electrons. The second kappa shape index (κ2) is 7.11. The van der Waals surface area contributed by atoms with Gasteiger partial charge in [0.1, 0.15) is 0 Å². The minimum atomic E-state index is -1.06. The van der Waals surface area contributed by atoms with Crippen LogP contribution < -0.4 is 10.6 Å². The Kier molecular flexibility index (Phi) is 5.79. The third-order valence-electron chi connectivity index (χ3n) is 2.62. The summed E-state index contributed by atoms with van der Waals surface area (Å²) >= 11 is 5.93. The summed E-state index contributed by atoms with van der Waals surface area (Å²) in [5, 5.41) is 14.8. The monoisotopic (exact) mass is 284 g/mol. The molecule has 1 unspecified atom stereocenters. The van der Waals surface area contributed by atoms with Crippen molar-refractivity contribution in [1.82, 2.24) is 5.32 Å². The predicted molar refractivity (Wildman–Crippen MR) is 74.7 cm³/mol. The van der Waals surface area contributed by atoms with Crippen LogP contribution in [0.15, 0.2) is 18.2 Å². The molecule has 5 nitrogen and oxygen atoms in total. The van der Waals surface area contributed by atoms with Crippen LogP contribution in [0.2, 0.25) is 5.02 Å². The number of hydrogen-bond acceptors (Lipinski definition) is 3. The fourth-order valence-electron chi connectivity index (χ4n) is 1.46. The number of benzene rings is 1. The first kappa shape index (κ1) is 15.5. The van der Waals surface area contributed by atoms with Crippen LogP contribution in [0.3, 0.4) is 0 Å². The Morgan fingerprint density at radius 2 is 2.11 bits per heavy atom. The fourth-order valence-corrected chi connectivity index (χ4v) is 1.69. The molecule has 0 fully saturated rings. The van der Waals surface area contributed by atoms with E-state index in [4.69, 9.17) is 16.7 Å². The van der Waals surface area contributed by atoms with Gasteiger partial charge in [0, 0.05) is 12.5 Å². The number of carbonyl (C=O) groups is 2. The number of halogens is 1. The molecule has 1 rings (SSSR count). The Labute approximate surface area is 117 Å². The number of carbonyl (C=O) groups excluding carboxylic acids is 1. The Hall–Kier alpha value is -1.59. The van der Waals surface area contributed by atoms with Crippen LogP contribution >= 0.6 is 11.6 Å². The molecule has 0 saturated heterocycles. The van der Waals surface area contributed by atoms with Gasteiger partial charge in [0.25, 0.3) is 0 Å². The second-order valence-corrected chi connectivity index (χ2v) is 4.60. The molecule has 0 heterocycles. The summed E-state index contributed by atoms with van der Waals surface area (Å²) in [4.78, 5) is 22.6. The Bertz CT molecular complexity index is 477. The average molecular weight is 285 g/mol. The lowest BCUT2D eigenvalue weighted by atomic mass is 10.1. The molecule has 1 aromatic carbocycles. The van der Waals surface area contributed by atoms with Crippen LogP contribution in [0.1, 0.15) is 24.2 Å². The molecule has 0 aliphatic heterocycles. The van der Waals surface area contributed by atoms with Gasteiger partial charge in [-0.05, 0) is 24.7 Å². The van der Waals surface area contributed by atoms with Crippen molar-refractivity contribution in [2.75, 3.05) is 18.4 Å². The number of nitrogens with one attached hydrogen (secondary N) is 2. The van der Waals surface area contributed by atoms with E-state index in [2.05, 4.69) is 10.6 Å². The molecular weight excluding hydrogens is 268 g/mol. The highest BCUT2D eigenvalue weighted by molar-refractivity contribution is 6.34. The van der Waals surface area contributed by atoms with E-state index in [9.17, 15) is 9.59 Å². The predicted octanol–water partition coefficient (Wildman–Crippen LogP) is 2.22. The van der Waals surface area contributed by atoms with Crippen molar-refractivity contribution in [2.24, 2.45) is 5.92 Å². The zero-order valence-corrected chi connectivity index (χ0v) is 11.6. The molecule has 0 saturated carbocycles. The highest BCUT2D eigenvalue weighted by atomic mass is 35.5. The van der Waals surface area contributed by atoms with Crippen LogP contribution in [0.4, 0.5) is 5.69 Å². The highest BCUT2D eigenvalue weighted by Gasteiger charge is 2.14. The maximum atomic E-state index is 11.9. The lowest BCUT2D eigenvalue weighted by molar-refractivity contribution is -0.119. The van der Waals surface area contributed by atoms with Crippen molar-refractivity contribution in [2.45, 2.75) is 13.8 Å². The molecule has 104 valence electrons. The highest BCUT2D eigenvalue weighted by Crippen LogP contribution is 2.23. The molecular formula is C13H17ClN2O3. The Morgan fingerprint density at radius 1 is 1.42 bits per heavy atom. The van der Waals surface area contributed by atoms with Crippen LogP contribution in [0, 0.1) is 5.92 Å². The minimum absolute atomic E-state index is 0.0868. The molecule has 6 heteroatoms. The van der Waals surface area contributed by atoms with E-state index in [-0.39, 0.29) is 22.4 Å². The lowest BCUT2D eigenvalue weighted by Gasteiger charge is -2.13. The summed E-state index contributed by atoms with van der Waals surface area (Å²) in [5.74, 6) is -1.42. The smallest absolute Gasteiger partial charge is 0.335 e. The van der Waals surface area contributed by atoms with Gasteiger partial charge < -0.3 is 15.7 Å². The van der Waals surface area contributed by atoms with Crippen LogP contribution in [0.25, 0.3) is 0 Å². The first-order valence-electron chi connectivity index (χ1n) is 6.00. The van der Waals surface area contributed by atoms with Crippen molar-refractivity contribution in [1.29, 1.82) is 0 Å². The number of anilines is 1. The number of carboxylic acid groups (broad SMARTS) is 1. The van der Waals surface area contributed by atoms with E-state index in [1.54, 1.807) is 6.92 Å². The molecule has 19 heavy (non-hydrogen) atoms. The third kappa shape index (κ3) is 4.54. The van der Waals surface area contributed by atoms with Gasteiger partial charge >= 0.3 is 5.97 Å². The van der Waals surface area contributed by atoms with Gasteiger partial charge in [-0.3, -0.25) is 4.79 Å². The van der Waals surface area contributed by atoms with Crippen molar-refractivity contribution in [3.63, 3.8) is 0 Å². The molecule has 0 spiro atoms. The molecule has 1 aromatic rings. The number of amides is 1. The van der Waals surface area contributed by atoms with Gasteiger partial charge in [-0.25, -0.2) is 4.79 Å². The van der Waals surface area contributed by atoms with E-state index >= 15 is 0 Å². The van der Waals surface area contributed by atoms with E-state index in [1.807, 2.05) is 6.92 Å². The summed E-state index contributed by atoms with van der Waals surface area (Å²) in [6.07, 6.45) is 0. The van der Waals surface area contributed by atoms with Gasteiger partial charge in [-0.15, -0.1) is 0 Å². The van der Waals surface area contributed by atoms with E-state index < -0.39 is 5.97 Å². The maximum Gasteiger partial charge on any atom is 0.335 e. The first-order chi connectivity index (χ1) is 8.95. The van der Waals surface area contributed by atoms with Crippen molar-refractivity contribution < 1.29 is 14.7 Å². The molecule has 0 bridgehead atoms. The summed E-state index contributed by atoms with van der Waals surface area (Å²) in [6, 6.07) is 4.21. The summed E-state index contributed by atoms with van der Waals surface area (Å²) in [5.41, 5.74) is 0.503. The Morgan fingerprint density at radius 3 is 2.63 bits per heavy atom. The van der Waals surface area contributed by atoms with Crippen LogP contribution in [-0.4, -0.2) is 30.1 Å². The van der Waals surface area contributed by atoms with Crippen molar-refractivity contribution in [3.8, 4) is 0 Å². The first-order valence-corrected chi connectivity index (χ1v) is 6.38. The normalized spacial score (nSPS) is 11.9. The number of hydrogen-bond donors (Lipinski definition) is 3. The third-order valence-corrected chi connectivity index (χ3v) is 2.93. The number of rotatable bonds is 6. The molecule has 0 aliphatic rings. The van der Waals surface area contributed by atoms with E-state index in [0.717, 1.165) is 6.54 Å². The average Bonchev–Trinajstić information content (AvgIpc) is 2.37. The number of carboxylic acids is 1. The largest absolute Gasteiger partial charge is 0.478 e. The van der Waals surface area contributed by atoms with Crippen molar-refractivity contribution in [3.05, 3.63) is 28.8 Å². The van der Waals surface area contributed by atoms with Crippen LogP contribution in [-0.2, 0) is 4.79 Å². The van der Waals surface area contributed by atoms with E-state index in [1.165, 1.54) is 18.2 Å². The second-order valence-electron chi connectivity index (χ2n) is 4.20. The molecule has 1 atom stereocenters. The zero-order chi connectivity index (χ0) is 14.4. The SMILES string of the molecule is CCNCC(C)C(=O)Nc1ccc(C(=O)O)cc1Cl. The summed E-state index contributed by atoms with van der Waals surface area (Å²) in [6.45, 7) is 5.14. The number of aromatic carboxylic acids is 1. The van der Waals surface area contributed by atoms with Crippen molar-refractivity contribution >= 4 is 29.2 Å². The van der Waals surface area contributed by atoms with E-state index in [0.29, 0.717) is 12.2 Å².